The lowest BCUT2D eigenvalue weighted by Crippen LogP contribution is -1.97. The van der Waals surface area contributed by atoms with E-state index in [-0.39, 0.29) is 0 Å². The van der Waals surface area contributed by atoms with Crippen LogP contribution in [0.15, 0.2) is 188 Å². The first kappa shape index (κ1) is 28.0. The smallest absolute Gasteiger partial charge is 0.0641 e. The fraction of sp³-hybridized carbons (Fsp3) is 0. The van der Waals surface area contributed by atoms with Gasteiger partial charge in [-0.25, -0.2) is 0 Å². The van der Waals surface area contributed by atoms with Crippen LogP contribution >= 0.6 is 0 Å². The zero-order valence-corrected chi connectivity index (χ0v) is 27.7. The predicted octanol–water partition coefficient (Wildman–Crippen LogP) is 12.6. The number of rotatable bonds is 4. The second-order valence-corrected chi connectivity index (χ2v) is 13.3. The Hall–Kier alpha value is -6.84. The molecule has 0 N–H and O–H groups in total. The monoisotopic (exact) mass is 649 g/mol. The summed E-state index contributed by atoms with van der Waals surface area (Å²) >= 11 is 0. The minimum absolute atomic E-state index is 1.15. The number of benzene rings is 8. The largest absolute Gasteiger partial charge is 0.309 e. The molecule has 0 amide bonds. The average Bonchev–Trinajstić information content (AvgIpc) is 3.84. The normalized spacial score (nSPS) is 11.9. The molecule has 0 aliphatic rings. The predicted molar refractivity (Wildman–Crippen MR) is 215 cm³/mol. The molecule has 0 saturated heterocycles. The summed E-state index contributed by atoms with van der Waals surface area (Å²) in [7, 11) is 0. The summed E-state index contributed by atoms with van der Waals surface area (Å²) in [5, 5.41) is 7.51. The molecule has 8 aromatic carbocycles. The second kappa shape index (κ2) is 10.8. The van der Waals surface area contributed by atoms with Crippen LogP contribution in [0.2, 0.25) is 0 Å². The summed E-state index contributed by atoms with van der Waals surface area (Å²) in [5.74, 6) is 0. The molecule has 3 aromatic heterocycles. The second-order valence-electron chi connectivity index (χ2n) is 13.3. The summed E-state index contributed by atoms with van der Waals surface area (Å²) in [6.07, 6.45) is 0. The number of para-hydroxylation sites is 4. The van der Waals surface area contributed by atoms with Crippen molar-refractivity contribution in [3.05, 3.63) is 188 Å². The summed E-state index contributed by atoms with van der Waals surface area (Å²) in [5.41, 5.74) is 13.1. The molecule has 0 saturated carbocycles. The first-order valence-electron chi connectivity index (χ1n) is 17.5. The minimum atomic E-state index is 1.15. The number of hydrogen-bond donors (Lipinski definition) is 0. The molecule has 0 aliphatic heterocycles. The van der Waals surface area contributed by atoms with Crippen LogP contribution in [0.25, 0.3) is 93.6 Å². The van der Waals surface area contributed by atoms with Gasteiger partial charge in [0, 0.05) is 43.7 Å². The molecule has 0 bridgehead atoms. The molecule has 3 nitrogen and oxygen atoms in total. The third kappa shape index (κ3) is 4.00. The molecule has 238 valence electrons. The minimum Gasteiger partial charge on any atom is -0.309 e. The molecule has 51 heavy (non-hydrogen) atoms. The standard InChI is InChI=1S/C48H31N3/c1-3-15-32(16-4-1)33-17-13-20-35(31-33)49-41-25-11-8-22-38(41)46-43(49)27-14-28-44(46)51-42-26-12-9-23-39(42)47-45(51)30-29-37-36-21-7-10-24-40(36)50(48(37)47)34-18-5-2-6-19-34/h1-31H. The molecular formula is C48H31N3. The highest BCUT2D eigenvalue weighted by molar-refractivity contribution is 6.27. The van der Waals surface area contributed by atoms with E-state index >= 15 is 0 Å². The maximum absolute atomic E-state index is 2.50. The van der Waals surface area contributed by atoms with Gasteiger partial charge >= 0.3 is 0 Å². The molecule has 0 fully saturated rings. The number of hydrogen-bond acceptors (Lipinski definition) is 0. The Bertz CT molecular complexity index is 3120. The Kier molecular flexibility index (Phi) is 5.96. The van der Waals surface area contributed by atoms with Crippen molar-refractivity contribution < 1.29 is 0 Å². The van der Waals surface area contributed by atoms with E-state index in [1.165, 1.54) is 82.2 Å². The first-order chi connectivity index (χ1) is 25.3. The van der Waals surface area contributed by atoms with E-state index in [0.29, 0.717) is 0 Å². The van der Waals surface area contributed by atoms with Gasteiger partial charge in [0.1, 0.15) is 0 Å². The lowest BCUT2D eigenvalue weighted by atomic mass is 10.1. The Balaban J connectivity index is 1.26. The SMILES string of the molecule is c1ccc(-c2cccc(-n3c4ccccc4c4c(-n5c6ccccc6c6c5ccc5c7ccccc7n(-c7ccccc7)c56)cccc43)c2)cc1. The Morgan fingerprint density at radius 2 is 0.804 bits per heavy atom. The third-order valence-electron chi connectivity index (χ3n) is 10.6. The highest BCUT2D eigenvalue weighted by atomic mass is 15.0. The van der Waals surface area contributed by atoms with Gasteiger partial charge in [-0.05, 0) is 71.8 Å². The summed E-state index contributed by atoms with van der Waals surface area (Å²) < 4.78 is 7.38. The van der Waals surface area contributed by atoms with Crippen LogP contribution < -0.4 is 0 Å². The highest BCUT2D eigenvalue weighted by Gasteiger charge is 2.23. The summed E-state index contributed by atoms with van der Waals surface area (Å²) in [6, 6.07) is 68.3. The van der Waals surface area contributed by atoms with Gasteiger partial charge in [0.2, 0.25) is 0 Å². The van der Waals surface area contributed by atoms with Crippen LogP contribution in [0, 0.1) is 0 Å². The van der Waals surface area contributed by atoms with Gasteiger partial charge in [0.15, 0.2) is 0 Å². The molecule has 0 atom stereocenters. The first-order valence-corrected chi connectivity index (χ1v) is 17.5. The molecule has 11 aromatic rings. The molecule has 0 radical (unpaired) electrons. The van der Waals surface area contributed by atoms with Crippen LogP contribution in [-0.4, -0.2) is 13.7 Å². The van der Waals surface area contributed by atoms with Gasteiger partial charge in [-0.3, -0.25) is 0 Å². The topological polar surface area (TPSA) is 14.8 Å². The maximum Gasteiger partial charge on any atom is 0.0641 e. The van der Waals surface area contributed by atoms with Gasteiger partial charge in [0.25, 0.3) is 0 Å². The van der Waals surface area contributed by atoms with Crippen LogP contribution in [-0.2, 0) is 0 Å². The summed E-state index contributed by atoms with van der Waals surface area (Å²) in [6.45, 7) is 0. The molecule has 3 heterocycles. The molecule has 0 spiro atoms. The van der Waals surface area contributed by atoms with Crippen LogP contribution in [0.3, 0.4) is 0 Å². The maximum atomic E-state index is 2.50. The third-order valence-corrected chi connectivity index (χ3v) is 10.6. The van der Waals surface area contributed by atoms with Gasteiger partial charge in [-0.15, -0.1) is 0 Å². The van der Waals surface area contributed by atoms with Crippen LogP contribution in [0.5, 0.6) is 0 Å². The van der Waals surface area contributed by atoms with Crippen LogP contribution in [0.4, 0.5) is 0 Å². The van der Waals surface area contributed by atoms with Crippen molar-refractivity contribution in [1.82, 2.24) is 13.7 Å². The van der Waals surface area contributed by atoms with E-state index in [4.69, 9.17) is 0 Å². The van der Waals surface area contributed by atoms with Gasteiger partial charge in [-0.2, -0.15) is 0 Å². The number of fused-ring (bicyclic) bond motifs is 10. The average molecular weight is 650 g/mol. The van der Waals surface area contributed by atoms with Gasteiger partial charge < -0.3 is 13.7 Å². The fourth-order valence-electron chi connectivity index (χ4n) is 8.53. The van der Waals surface area contributed by atoms with E-state index in [9.17, 15) is 0 Å². The zero-order chi connectivity index (χ0) is 33.5. The van der Waals surface area contributed by atoms with E-state index in [2.05, 4.69) is 202 Å². The van der Waals surface area contributed by atoms with Gasteiger partial charge in [-0.1, -0.05) is 127 Å². The fourth-order valence-corrected chi connectivity index (χ4v) is 8.53. The molecule has 3 heteroatoms. The highest BCUT2D eigenvalue weighted by Crippen LogP contribution is 2.44. The van der Waals surface area contributed by atoms with Crippen molar-refractivity contribution >= 4 is 65.4 Å². The zero-order valence-electron chi connectivity index (χ0n) is 27.7. The Morgan fingerprint density at radius 3 is 1.57 bits per heavy atom. The van der Waals surface area contributed by atoms with E-state index in [1.54, 1.807) is 0 Å². The van der Waals surface area contributed by atoms with E-state index in [0.717, 1.165) is 11.4 Å². The van der Waals surface area contributed by atoms with Crippen LogP contribution in [0.1, 0.15) is 0 Å². The Labute approximate surface area is 294 Å². The quantitative estimate of drug-likeness (QED) is 0.180. The molecule has 11 rings (SSSR count). The van der Waals surface area contributed by atoms with Crippen molar-refractivity contribution in [2.75, 3.05) is 0 Å². The number of aromatic nitrogens is 3. The number of nitrogens with zero attached hydrogens (tertiary/aromatic N) is 3. The Morgan fingerprint density at radius 1 is 0.275 bits per heavy atom. The lowest BCUT2D eigenvalue weighted by molar-refractivity contribution is 1.17. The lowest BCUT2D eigenvalue weighted by Gasteiger charge is -2.13. The van der Waals surface area contributed by atoms with Crippen molar-refractivity contribution in [3.8, 4) is 28.2 Å². The van der Waals surface area contributed by atoms with Gasteiger partial charge in [0.05, 0.1) is 38.8 Å². The van der Waals surface area contributed by atoms with Crippen molar-refractivity contribution in [2.45, 2.75) is 0 Å². The molecule has 0 aliphatic carbocycles. The van der Waals surface area contributed by atoms with Crippen molar-refractivity contribution in [3.63, 3.8) is 0 Å². The molecular weight excluding hydrogens is 619 g/mol. The van der Waals surface area contributed by atoms with E-state index < -0.39 is 0 Å². The van der Waals surface area contributed by atoms with E-state index in [1.807, 2.05) is 0 Å². The summed E-state index contributed by atoms with van der Waals surface area (Å²) in [4.78, 5) is 0. The van der Waals surface area contributed by atoms with Crippen molar-refractivity contribution in [1.29, 1.82) is 0 Å². The molecule has 0 unspecified atom stereocenters. The van der Waals surface area contributed by atoms with Crippen molar-refractivity contribution in [2.24, 2.45) is 0 Å².